The highest BCUT2D eigenvalue weighted by molar-refractivity contribution is 7.99. The van der Waals surface area contributed by atoms with Crippen molar-refractivity contribution in [3.63, 3.8) is 0 Å². The number of benzene rings is 2. The highest BCUT2D eigenvalue weighted by atomic mass is 32.2. The van der Waals surface area contributed by atoms with Gasteiger partial charge in [0.2, 0.25) is 5.91 Å². The van der Waals surface area contributed by atoms with Crippen molar-refractivity contribution in [2.45, 2.75) is 54.4 Å². The Morgan fingerprint density at radius 2 is 1.81 bits per heavy atom. The number of carboxylic acids is 1. The van der Waals surface area contributed by atoms with Crippen molar-refractivity contribution in [1.29, 1.82) is 0 Å². The number of thioether (sulfide) groups is 1. The first kappa shape index (κ1) is 26.2. The Kier molecular flexibility index (Phi) is 8.35. The zero-order valence-corrected chi connectivity index (χ0v) is 21.9. The summed E-state index contributed by atoms with van der Waals surface area (Å²) >= 11 is 1.65. The number of nitrogens with zero attached hydrogens (tertiary/aromatic N) is 2. The number of hydrogen-bond donors (Lipinski definition) is 2. The third-order valence-electron chi connectivity index (χ3n) is 6.63. The number of fused-ring (bicyclic) bond motifs is 1. The molecule has 1 aliphatic carbocycles. The van der Waals surface area contributed by atoms with Gasteiger partial charge < -0.3 is 15.3 Å². The smallest absolute Gasteiger partial charge is 0.326 e. The Morgan fingerprint density at radius 3 is 2.50 bits per heavy atom. The van der Waals surface area contributed by atoms with Gasteiger partial charge in [0.1, 0.15) is 16.8 Å². The van der Waals surface area contributed by atoms with Gasteiger partial charge in [-0.15, -0.1) is 16.2 Å². The Balaban J connectivity index is 1.31. The second kappa shape index (κ2) is 11.5. The first-order valence-corrected chi connectivity index (χ1v) is 14.6. The molecular weight excluding hydrogens is 498 g/mol. The van der Waals surface area contributed by atoms with Crippen LogP contribution in [0.15, 0.2) is 62.7 Å². The lowest BCUT2D eigenvalue weighted by Crippen LogP contribution is -2.42. The number of carbonyl (C=O) groups excluding carboxylic acids is 1. The van der Waals surface area contributed by atoms with Crippen molar-refractivity contribution in [1.82, 2.24) is 10.2 Å². The van der Waals surface area contributed by atoms with E-state index < -0.39 is 22.0 Å². The van der Waals surface area contributed by atoms with Crippen LogP contribution in [0.25, 0.3) is 0 Å². The monoisotopic (exact) mass is 529 g/mol. The van der Waals surface area contributed by atoms with E-state index in [1.807, 2.05) is 36.2 Å². The predicted molar refractivity (Wildman–Crippen MR) is 140 cm³/mol. The Labute approximate surface area is 216 Å². The zero-order valence-electron chi connectivity index (χ0n) is 20.2. The summed E-state index contributed by atoms with van der Waals surface area (Å²) in [6.07, 6.45) is 5.68. The number of rotatable bonds is 9. The van der Waals surface area contributed by atoms with E-state index >= 15 is 0 Å². The fourth-order valence-corrected chi connectivity index (χ4v) is 6.72. The third-order valence-corrected chi connectivity index (χ3v) is 8.96. The molecule has 1 heterocycles. The number of hydrogen-bond acceptors (Lipinski definition) is 6. The zero-order chi connectivity index (χ0) is 25.7. The normalized spacial score (nSPS) is 17.6. The molecule has 2 aromatic rings. The molecule has 0 unspecified atom stereocenters. The molecule has 2 N–H and O–H groups in total. The van der Waals surface area contributed by atoms with Gasteiger partial charge >= 0.3 is 5.97 Å². The van der Waals surface area contributed by atoms with Crippen LogP contribution in [0, 0.1) is 5.92 Å². The van der Waals surface area contributed by atoms with Crippen molar-refractivity contribution in [3.8, 4) is 0 Å². The first-order valence-electron chi connectivity index (χ1n) is 12.1. The van der Waals surface area contributed by atoms with Crippen LogP contribution in [0.3, 0.4) is 0 Å². The quantitative estimate of drug-likeness (QED) is 0.477. The van der Waals surface area contributed by atoms with Crippen LogP contribution in [-0.4, -0.2) is 61.5 Å². The van der Waals surface area contributed by atoms with Crippen molar-refractivity contribution in [2.24, 2.45) is 10.3 Å². The van der Waals surface area contributed by atoms with E-state index in [0.717, 1.165) is 41.9 Å². The molecule has 2 aliphatic rings. The number of sulfonamides is 1. The second-order valence-electron chi connectivity index (χ2n) is 9.24. The van der Waals surface area contributed by atoms with E-state index in [1.54, 1.807) is 30.0 Å². The molecule has 1 saturated carbocycles. The lowest BCUT2D eigenvalue weighted by molar-refractivity contribution is -0.139. The van der Waals surface area contributed by atoms with E-state index in [0.29, 0.717) is 12.1 Å². The van der Waals surface area contributed by atoms with Gasteiger partial charge in [-0.2, -0.15) is 8.42 Å². The molecule has 0 spiro atoms. The lowest BCUT2D eigenvalue weighted by Gasteiger charge is -2.26. The topological polar surface area (TPSA) is 116 Å². The van der Waals surface area contributed by atoms with Gasteiger partial charge in [-0.25, -0.2) is 4.79 Å². The molecule has 1 amide bonds. The molecule has 192 valence electrons. The van der Waals surface area contributed by atoms with E-state index in [-0.39, 0.29) is 29.0 Å². The summed E-state index contributed by atoms with van der Waals surface area (Å²) in [5, 5.41) is 12.5. The maximum absolute atomic E-state index is 12.6. The highest BCUT2D eigenvalue weighted by Crippen LogP contribution is 2.27. The van der Waals surface area contributed by atoms with Crippen LogP contribution in [-0.2, 0) is 26.0 Å². The molecule has 0 aromatic heterocycles. The third kappa shape index (κ3) is 6.28. The molecule has 0 bridgehead atoms. The van der Waals surface area contributed by atoms with Crippen molar-refractivity contribution in [2.75, 3.05) is 19.3 Å². The largest absolute Gasteiger partial charge is 0.480 e. The maximum atomic E-state index is 12.6. The Morgan fingerprint density at radius 1 is 1.11 bits per heavy atom. The van der Waals surface area contributed by atoms with E-state index in [9.17, 15) is 23.1 Å². The van der Waals surface area contributed by atoms with E-state index in [4.69, 9.17) is 0 Å². The minimum Gasteiger partial charge on any atom is -0.480 e. The summed E-state index contributed by atoms with van der Waals surface area (Å²) in [5.41, 5.74) is 1.18. The van der Waals surface area contributed by atoms with Crippen LogP contribution in [0.2, 0.25) is 0 Å². The molecule has 0 saturated heterocycles. The summed E-state index contributed by atoms with van der Waals surface area (Å²) in [4.78, 5) is 27.4. The fourth-order valence-electron chi connectivity index (χ4n) is 4.60. The molecule has 36 heavy (non-hydrogen) atoms. The van der Waals surface area contributed by atoms with Gasteiger partial charge in [-0.1, -0.05) is 43.5 Å². The molecule has 1 aliphatic heterocycles. The summed E-state index contributed by atoms with van der Waals surface area (Å²) in [5.74, 6) is 0.162. The lowest BCUT2D eigenvalue weighted by atomic mass is 9.88. The highest BCUT2D eigenvalue weighted by Gasteiger charge is 2.31. The number of amidine groups is 1. The maximum Gasteiger partial charge on any atom is 0.326 e. The average Bonchev–Trinajstić information content (AvgIpc) is 3.14. The van der Waals surface area contributed by atoms with Crippen LogP contribution in [0.4, 0.5) is 0 Å². The number of carboxylic acid groups (broad SMARTS) is 1. The number of aliphatic carboxylic acids is 1. The Bertz CT molecular complexity index is 1240. The number of amides is 1. The van der Waals surface area contributed by atoms with E-state index in [2.05, 4.69) is 9.71 Å². The van der Waals surface area contributed by atoms with Gasteiger partial charge in [0, 0.05) is 42.1 Å². The SMILES string of the molecule is CN(CCSc1ccc(C[C@H](NC2=NS(=O)(=O)c3ccccc32)C(=O)O)cc1)C(=O)C1CCCCC1. The number of nitrogens with one attached hydrogen (secondary N) is 1. The summed E-state index contributed by atoms with van der Waals surface area (Å²) in [7, 11) is -1.95. The molecule has 0 radical (unpaired) electrons. The fraction of sp³-hybridized carbons (Fsp3) is 0.423. The van der Waals surface area contributed by atoms with Crippen LogP contribution >= 0.6 is 11.8 Å². The second-order valence-corrected chi connectivity index (χ2v) is 12.0. The van der Waals surface area contributed by atoms with Gasteiger partial charge in [-0.3, -0.25) is 4.79 Å². The predicted octanol–water partition coefficient (Wildman–Crippen LogP) is 3.55. The van der Waals surface area contributed by atoms with Crippen molar-refractivity contribution >= 4 is 39.5 Å². The summed E-state index contributed by atoms with van der Waals surface area (Å²) in [6, 6.07) is 12.9. The van der Waals surface area contributed by atoms with E-state index in [1.165, 1.54) is 12.5 Å². The molecule has 8 nitrogen and oxygen atoms in total. The molecule has 10 heteroatoms. The molecular formula is C26H31N3O5S2. The molecule has 1 atom stereocenters. The average molecular weight is 530 g/mol. The molecule has 2 aromatic carbocycles. The van der Waals surface area contributed by atoms with Gasteiger partial charge in [0.05, 0.1) is 0 Å². The first-order chi connectivity index (χ1) is 17.2. The number of carbonyl (C=O) groups is 2. The van der Waals surface area contributed by atoms with Crippen LogP contribution in [0.5, 0.6) is 0 Å². The van der Waals surface area contributed by atoms with Crippen molar-refractivity contribution < 1.29 is 23.1 Å². The minimum atomic E-state index is -3.83. The minimum absolute atomic E-state index is 0.0528. The molecule has 1 fully saturated rings. The standard InChI is InChI=1S/C26H31N3O5S2/c1-29(25(30)19-7-3-2-4-8-19)15-16-35-20-13-11-18(12-14-20)17-22(26(31)32)27-24-21-9-5-6-10-23(21)36(33,34)28-24/h5-6,9-14,19,22H,2-4,7-8,15-17H2,1H3,(H,27,28)(H,31,32)/t22-/m0/s1. The molecule has 4 rings (SSSR count). The van der Waals surface area contributed by atoms with Gasteiger partial charge in [-0.05, 0) is 42.7 Å². The summed E-state index contributed by atoms with van der Waals surface area (Å²) in [6.45, 7) is 0.680. The summed E-state index contributed by atoms with van der Waals surface area (Å²) < 4.78 is 28.3. The Hall–Kier alpha value is -2.85. The van der Waals surface area contributed by atoms with Gasteiger partial charge in [0.25, 0.3) is 10.0 Å². The van der Waals surface area contributed by atoms with Crippen molar-refractivity contribution in [3.05, 3.63) is 59.7 Å². The van der Waals surface area contributed by atoms with Crippen LogP contribution in [0.1, 0.15) is 43.2 Å². The van der Waals surface area contributed by atoms with Gasteiger partial charge in [0.15, 0.2) is 0 Å². The van der Waals surface area contributed by atoms with Crippen LogP contribution < -0.4 is 5.32 Å².